The highest BCUT2D eigenvalue weighted by Gasteiger charge is 2.21. The molecule has 5 nitrogen and oxygen atoms in total. The van der Waals surface area contributed by atoms with Crippen LogP contribution in [-0.2, 0) is 17.8 Å². The Hall–Kier alpha value is -2.91. The molecule has 0 saturated carbocycles. The van der Waals surface area contributed by atoms with Crippen molar-refractivity contribution in [3.8, 4) is 16.8 Å². The molecule has 0 bridgehead atoms. The number of aryl methyl sites for hydroxylation is 1. The lowest BCUT2D eigenvalue weighted by atomic mass is 10.1. The summed E-state index contributed by atoms with van der Waals surface area (Å²) in [5.41, 5.74) is 2.28. The largest absolute Gasteiger partial charge is 0.440 e. The molecule has 2 heterocycles. The van der Waals surface area contributed by atoms with E-state index in [1.54, 1.807) is 23.5 Å². The van der Waals surface area contributed by atoms with E-state index in [1.807, 2.05) is 55.3 Å². The molecule has 0 atom stereocenters. The quantitative estimate of drug-likeness (QED) is 0.629. The predicted molar refractivity (Wildman–Crippen MR) is 105 cm³/mol. The van der Waals surface area contributed by atoms with Crippen molar-refractivity contribution in [2.75, 3.05) is 0 Å². The van der Waals surface area contributed by atoms with Gasteiger partial charge in [-0.3, -0.25) is 4.79 Å². The van der Waals surface area contributed by atoms with E-state index in [-0.39, 0.29) is 18.4 Å². The lowest BCUT2D eigenvalue weighted by Crippen LogP contribution is -2.37. The number of oxazole rings is 1. The van der Waals surface area contributed by atoms with Crippen LogP contribution in [0.5, 0.6) is 0 Å². The van der Waals surface area contributed by atoms with Gasteiger partial charge in [0.05, 0.1) is 28.6 Å². The van der Waals surface area contributed by atoms with E-state index >= 15 is 0 Å². The lowest BCUT2D eigenvalue weighted by Gasteiger charge is -2.27. The normalized spacial score (nSPS) is 10.8. The second-order valence-electron chi connectivity index (χ2n) is 6.60. The smallest absolute Gasteiger partial charge is 0.236 e. The molecule has 27 heavy (non-hydrogen) atoms. The van der Waals surface area contributed by atoms with Crippen LogP contribution in [0.4, 0.5) is 0 Å². The monoisotopic (exact) mass is 379 g/mol. The Morgan fingerprint density at radius 2 is 2.04 bits per heavy atom. The number of benzene rings is 1. The molecule has 0 unspecified atom stereocenters. The van der Waals surface area contributed by atoms with Gasteiger partial charge >= 0.3 is 0 Å². The molecule has 0 aliphatic rings. The zero-order chi connectivity index (χ0) is 19.4. The first-order valence-electron chi connectivity index (χ1n) is 8.76. The number of amides is 1. The summed E-state index contributed by atoms with van der Waals surface area (Å²) >= 11 is 1.56. The molecular formula is C21H21N3O2S. The molecule has 0 radical (unpaired) electrons. The summed E-state index contributed by atoms with van der Waals surface area (Å²) in [5, 5.41) is 10.9. The van der Waals surface area contributed by atoms with Crippen LogP contribution in [0.2, 0.25) is 0 Å². The molecule has 0 spiro atoms. The topological polar surface area (TPSA) is 70.1 Å². The molecule has 138 valence electrons. The van der Waals surface area contributed by atoms with E-state index < -0.39 is 0 Å². The van der Waals surface area contributed by atoms with Gasteiger partial charge in [-0.2, -0.15) is 5.26 Å². The number of hydrogen-bond donors (Lipinski definition) is 0. The highest BCUT2D eigenvalue weighted by Crippen LogP contribution is 2.26. The van der Waals surface area contributed by atoms with E-state index in [9.17, 15) is 4.79 Å². The minimum atomic E-state index is 0.00323. The summed E-state index contributed by atoms with van der Waals surface area (Å²) < 4.78 is 5.74. The van der Waals surface area contributed by atoms with Crippen molar-refractivity contribution in [3.63, 3.8) is 0 Å². The fourth-order valence-electron chi connectivity index (χ4n) is 2.78. The van der Waals surface area contributed by atoms with Crippen molar-refractivity contribution in [2.45, 2.75) is 39.8 Å². The second kappa shape index (κ2) is 8.19. The van der Waals surface area contributed by atoms with E-state index in [2.05, 4.69) is 11.1 Å². The number of carbonyl (C=O) groups is 1. The van der Waals surface area contributed by atoms with Crippen LogP contribution in [0.25, 0.3) is 10.8 Å². The van der Waals surface area contributed by atoms with Crippen molar-refractivity contribution in [1.82, 2.24) is 9.88 Å². The maximum atomic E-state index is 12.9. The second-order valence-corrected chi connectivity index (χ2v) is 7.55. The Kier molecular flexibility index (Phi) is 5.72. The van der Waals surface area contributed by atoms with Crippen molar-refractivity contribution in [1.29, 1.82) is 5.26 Å². The van der Waals surface area contributed by atoms with Gasteiger partial charge in [-0.15, -0.1) is 11.3 Å². The van der Waals surface area contributed by atoms with Crippen LogP contribution in [0, 0.1) is 18.3 Å². The molecule has 0 aliphatic heterocycles. The summed E-state index contributed by atoms with van der Waals surface area (Å²) in [6.07, 6.45) is 0.204. The zero-order valence-corrected chi connectivity index (χ0v) is 16.4. The predicted octanol–water partition coefficient (Wildman–Crippen LogP) is 4.56. The van der Waals surface area contributed by atoms with Crippen LogP contribution >= 0.6 is 11.3 Å². The Morgan fingerprint density at radius 1 is 1.30 bits per heavy atom. The number of rotatable bonds is 6. The maximum absolute atomic E-state index is 12.9. The molecule has 0 aliphatic carbocycles. The van der Waals surface area contributed by atoms with Crippen LogP contribution in [-0.4, -0.2) is 21.8 Å². The SMILES string of the molecule is Cc1oc(-c2cccs2)nc1CC(=O)N(Cc1ccc(C#N)cc1)C(C)C. The molecule has 0 N–H and O–H groups in total. The van der Waals surface area contributed by atoms with Gasteiger partial charge in [0.1, 0.15) is 5.76 Å². The Bertz CT molecular complexity index is 950. The molecule has 3 rings (SSSR count). The van der Waals surface area contributed by atoms with Gasteiger partial charge in [0.15, 0.2) is 0 Å². The van der Waals surface area contributed by atoms with Gasteiger partial charge < -0.3 is 9.32 Å². The van der Waals surface area contributed by atoms with E-state index in [0.29, 0.717) is 29.5 Å². The number of hydrogen-bond acceptors (Lipinski definition) is 5. The Labute approximate surface area is 162 Å². The van der Waals surface area contributed by atoms with E-state index in [4.69, 9.17) is 9.68 Å². The van der Waals surface area contributed by atoms with Gasteiger partial charge in [0.2, 0.25) is 11.8 Å². The van der Waals surface area contributed by atoms with Crippen molar-refractivity contribution < 1.29 is 9.21 Å². The average molecular weight is 379 g/mol. The van der Waals surface area contributed by atoms with Crippen LogP contribution in [0.15, 0.2) is 46.2 Å². The molecular weight excluding hydrogens is 358 g/mol. The fourth-order valence-corrected chi connectivity index (χ4v) is 3.43. The first-order chi connectivity index (χ1) is 13.0. The molecule has 1 aromatic carbocycles. The summed E-state index contributed by atoms with van der Waals surface area (Å²) in [4.78, 5) is 20.2. The number of nitriles is 1. The first-order valence-corrected chi connectivity index (χ1v) is 9.64. The average Bonchev–Trinajstić information content (AvgIpc) is 3.30. The minimum Gasteiger partial charge on any atom is -0.440 e. The third-order valence-corrected chi connectivity index (χ3v) is 5.18. The first kappa shape index (κ1) is 18.9. The third-order valence-electron chi connectivity index (χ3n) is 4.32. The summed E-state index contributed by atoms with van der Waals surface area (Å²) in [6.45, 7) is 6.33. The van der Waals surface area contributed by atoms with Crippen LogP contribution < -0.4 is 0 Å². The van der Waals surface area contributed by atoms with Gasteiger partial charge in [-0.25, -0.2) is 4.98 Å². The number of carbonyl (C=O) groups excluding carboxylic acids is 1. The van der Waals surface area contributed by atoms with Gasteiger partial charge in [0, 0.05) is 12.6 Å². The van der Waals surface area contributed by atoms with E-state index in [0.717, 1.165) is 10.4 Å². The molecule has 0 fully saturated rings. The minimum absolute atomic E-state index is 0.00323. The zero-order valence-electron chi connectivity index (χ0n) is 15.6. The highest BCUT2D eigenvalue weighted by molar-refractivity contribution is 7.13. The molecule has 6 heteroatoms. The fraction of sp³-hybridized carbons (Fsp3) is 0.286. The van der Waals surface area contributed by atoms with Crippen molar-refractivity contribution in [2.24, 2.45) is 0 Å². The summed E-state index contributed by atoms with van der Waals surface area (Å²) in [5.74, 6) is 1.24. The van der Waals surface area contributed by atoms with Crippen molar-refractivity contribution in [3.05, 3.63) is 64.4 Å². The summed E-state index contributed by atoms with van der Waals surface area (Å²) in [6, 6.07) is 13.4. The van der Waals surface area contributed by atoms with E-state index in [1.165, 1.54) is 0 Å². The maximum Gasteiger partial charge on any atom is 0.236 e. The van der Waals surface area contributed by atoms with Crippen molar-refractivity contribution >= 4 is 17.2 Å². The molecule has 1 amide bonds. The van der Waals surface area contributed by atoms with Crippen LogP contribution in [0.3, 0.4) is 0 Å². The Morgan fingerprint density at radius 3 is 2.63 bits per heavy atom. The highest BCUT2D eigenvalue weighted by atomic mass is 32.1. The van der Waals surface area contributed by atoms with Gasteiger partial charge in [-0.1, -0.05) is 18.2 Å². The number of nitrogens with zero attached hydrogens (tertiary/aromatic N) is 3. The Balaban J connectivity index is 1.74. The standard InChI is InChI=1S/C21H21N3O2S/c1-14(2)24(13-17-8-6-16(12-22)7-9-17)20(25)11-18-15(3)26-21(23-18)19-5-4-10-27-19/h4-10,14H,11,13H2,1-3H3. The molecule has 2 aromatic heterocycles. The van der Waals surface area contributed by atoms with Gasteiger partial charge in [0.25, 0.3) is 0 Å². The van der Waals surface area contributed by atoms with Gasteiger partial charge in [-0.05, 0) is 49.9 Å². The lowest BCUT2D eigenvalue weighted by molar-refractivity contribution is -0.132. The number of aromatic nitrogens is 1. The third kappa shape index (κ3) is 4.44. The molecule has 0 saturated heterocycles. The summed E-state index contributed by atoms with van der Waals surface area (Å²) in [7, 11) is 0. The number of thiophene rings is 1. The van der Waals surface area contributed by atoms with Crippen LogP contribution in [0.1, 0.15) is 36.4 Å². The molecule has 3 aromatic rings.